The monoisotopic (exact) mass is 256 g/mol. The van der Waals surface area contributed by atoms with Crippen molar-refractivity contribution >= 4 is 12.1 Å². The molecule has 0 aromatic heterocycles. The Kier molecular flexibility index (Phi) is 4.06. The number of nitrogens with zero attached hydrogens (tertiary/aromatic N) is 2. The number of hydrogen-bond donors (Lipinski definition) is 1. The molecule has 102 valence electrons. The second-order valence-corrected chi connectivity index (χ2v) is 4.89. The van der Waals surface area contributed by atoms with Crippen LogP contribution in [0.2, 0.25) is 0 Å². The number of piperidine rings is 1. The van der Waals surface area contributed by atoms with Gasteiger partial charge in [-0.2, -0.15) is 0 Å². The molecule has 2 atom stereocenters. The number of aliphatic carboxylic acids is 1. The van der Waals surface area contributed by atoms with Gasteiger partial charge in [0.1, 0.15) is 0 Å². The first-order valence-corrected chi connectivity index (χ1v) is 6.54. The lowest BCUT2D eigenvalue weighted by Crippen LogP contribution is -2.47. The Labute approximate surface area is 106 Å². The Hall–Kier alpha value is -1.30. The molecule has 2 fully saturated rings. The van der Waals surface area contributed by atoms with Crippen molar-refractivity contribution in [3.05, 3.63) is 0 Å². The molecule has 2 saturated heterocycles. The van der Waals surface area contributed by atoms with E-state index in [9.17, 15) is 9.59 Å². The highest BCUT2D eigenvalue weighted by atomic mass is 16.6. The zero-order valence-electron chi connectivity index (χ0n) is 10.7. The molecule has 0 aliphatic carbocycles. The smallest absolute Gasteiger partial charge is 0.410 e. The summed E-state index contributed by atoms with van der Waals surface area (Å²) in [5, 5.41) is 8.84. The summed E-state index contributed by atoms with van der Waals surface area (Å²) in [5.74, 6) is -1.07. The Balaban J connectivity index is 1.92. The highest BCUT2D eigenvalue weighted by Gasteiger charge is 2.37. The summed E-state index contributed by atoms with van der Waals surface area (Å²) >= 11 is 0. The van der Waals surface area contributed by atoms with Crippen molar-refractivity contribution in [1.29, 1.82) is 0 Å². The van der Waals surface area contributed by atoms with E-state index in [4.69, 9.17) is 9.84 Å². The molecular weight excluding hydrogens is 236 g/mol. The first kappa shape index (κ1) is 13.1. The van der Waals surface area contributed by atoms with Crippen LogP contribution in [0.1, 0.15) is 26.2 Å². The fraction of sp³-hybridized carbons (Fsp3) is 0.833. The minimum absolute atomic E-state index is 0.169. The standard InChI is InChI=1S/C12H20N2O4/c1-2-13-6-4-3-5-9(13)7-14-8-10(11(15)16)18-12(14)17/h9-10H,2-8H2,1H3,(H,15,16)/t9?,10-/m1/s1. The molecule has 0 spiro atoms. The van der Waals surface area contributed by atoms with Crippen molar-refractivity contribution < 1.29 is 19.4 Å². The van der Waals surface area contributed by atoms with Crippen molar-refractivity contribution in [2.75, 3.05) is 26.2 Å². The van der Waals surface area contributed by atoms with Gasteiger partial charge in [-0.3, -0.25) is 4.90 Å². The van der Waals surface area contributed by atoms with Gasteiger partial charge in [-0.25, -0.2) is 9.59 Å². The van der Waals surface area contributed by atoms with E-state index in [2.05, 4.69) is 11.8 Å². The minimum atomic E-state index is -1.07. The normalized spacial score (nSPS) is 29.4. The van der Waals surface area contributed by atoms with Crippen LogP contribution >= 0.6 is 0 Å². The zero-order chi connectivity index (χ0) is 13.1. The number of amides is 1. The Bertz CT molecular complexity index is 334. The molecule has 6 nitrogen and oxygen atoms in total. The first-order chi connectivity index (χ1) is 8.61. The van der Waals surface area contributed by atoms with E-state index >= 15 is 0 Å². The van der Waals surface area contributed by atoms with Gasteiger partial charge < -0.3 is 14.7 Å². The maximum Gasteiger partial charge on any atom is 0.410 e. The fourth-order valence-corrected chi connectivity index (χ4v) is 2.72. The summed E-state index contributed by atoms with van der Waals surface area (Å²) in [6.07, 6.45) is 1.94. The van der Waals surface area contributed by atoms with Crippen molar-refractivity contribution in [1.82, 2.24) is 9.80 Å². The number of carbonyl (C=O) groups is 2. The van der Waals surface area contributed by atoms with Gasteiger partial charge in [0, 0.05) is 12.6 Å². The molecule has 0 radical (unpaired) electrons. The van der Waals surface area contributed by atoms with Crippen LogP contribution in [0.3, 0.4) is 0 Å². The molecule has 18 heavy (non-hydrogen) atoms. The van der Waals surface area contributed by atoms with Crippen molar-refractivity contribution in [2.24, 2.45) is 0 Å². The van der Waals surface area contributed by atoms with E-state index in [0.717, 1.165) is 19.5 Å². The molecule has 0 bridgehead atoms. The van der Waals surface area contributed by atoms with Crippen molar-refractivity contribution in [3.63, 3.8) is 0 Å². The average molecular weight is 256 g/mol. The predicted molar refractivity (Wildman–Crippen MR) is 64.4 cm³/mol. The van der Waals surface area contributed by atoms with Gasteiger partial charge in [0.2, 0.25) is 6.10 Å². The molecule has 0 saturated carbocycles. The van der Waals surface area contributed by atoms with E-state index in [1.165, 1.54) is 17.7 Å². The van der Waals surface area contributed by atoms with Crippen LogP contribution in [0.25, 0.3) is 0 Å². The third-order valence-corrected chi connectivity index (χ3v) is 3.75. The predicted octanol–water partition coefficient (Wildman–Crippen LogP) is 0.766. The van der Waals surface area contributed by atoms with E-state index in [1.54, 1.807) is 0 Å². The molecule has 0 aromatic carbocycles. The second kappa shape index (κ2) is 5.56. The quantitative estimate of drug-likeness (QED) is 0.804. The largest absolute Gasteiger partial charge is 0.478 e. The summed E-state index contributed by atoms with van der Waals surface area (Å²) in [5.41, 5.74) is 0. The number of carboxylic acid groups (broad SMARTS) is 1. The van der Waals surface area contributed by atoms with E-state index < -0.39 is 18.2 Å². The minimum Gasteiger partial charge on any atom is -0.478 e. The summed E-state index contributed by atoms with van der Waals surface area (Å²) in [7, 11) is 0. The summed E-state index contributed by atoms with van der Waals surface area (Å²) in [6.45, 7) is 4.89. The SMILES string of the molecule is CCN1CCCCC1CN1C[C@H](C(=O)O)OC1=O. The number of carbonyl (C=O) groups excluding carboxylic acids is 1. The van der Waals surface area contributed by atoms with Crippen molar-refractivity contribution in [3.8, 4) is 0 Å². The van der Waals surface area contributed by atoms with Gasteiger partial charge >= 0.3 is 12.1 Å². The van der Waals surface area contributed by atoms with E-state index in [-0.39, 0.29) is 6.54 Å². The zero-order valence-corrected chi connectivity index (χ0v) is 10.7. The number of cyclic esters (lactones) is 1. The third-order valence-electron chi connectivity index (χ3n) is 3.75. The molecule has 2 aliphatic rings. The van der Waals surface area contributed by atoms with Crippen LogP contribution in [0, 0.1) is 0 Å². The third kappa shape index (κ3) is 2.75. The maximum atomic E-state index is 11.6. The van der Waals surface area contributed by atoms with Crippen LogP contribution in [0.5, 0.6) is 0 Å². The molecule has 1 N–H and O–H groups in total. The van der Waals surface area contributed by atoms with Crippen LogP contribution < -0.4 is 0 Å². The lowest BCUT2D eigenvalue weighted by Gasteiger charge is -2.36. The number of likely N-dealkylation sites (N-methyl/N-ethyl adjacent to an activating group) is 1. The number of rotatable bonds is 4. The summed E-state index contributed by atoms with van der Waals surface area (Å²) < 4.78 is 4.81. The topological polar surface area (TPSA) is 70.1 Å². The molecule has 6 heteroatoms. The van der Waals surface area contributed by atoms with Gasteiger partial charge in [-0.15, -0.1) is 0 Å². The molecule has 2 heterocycles. The Morgan fingerprint density at radius 3 is 2.89 bits per heavy atom. The summed E-state index contributed by atoms with van der Waals surface area (Å²) in [4.78, 5) is 26.2. The number of likely N-dealkylation sites (tertiary alicyclic amines) is 1. The number of ether oxygens (including phenoxy) is 1. The highest BCUT2D eigenvalue weighted by molar-refractivity contribution is 5.81. The van der Waals surface area contributed by atoms with Crippen LogP contribution in [0.4, 0.5) is 4.79 Å². The lowest BCUT2D eigenvalue weighted by molar-refractivity contribution is -0.144. The van der Waals surface area contributed by atoms with Gasteiger partial charge in [-0.05, 0) is 25.9 Å². The number of carboxylic acids is 1. The Morgan fingerprint density at radius 2 is 2.28 bits per heavy atom. The van der Waals surface area contributed by atoms with Crippen molar-refractivity contribution in [2.45, 2.75) is 38.3 Å². The molecule has 1 amide bonds. The average Bonchev–Trinajstić information content (AvgIpc) is 2.72. The molecule has 0 aromatic rings. The Morgan fingerprint density at radius 1 is 1.50 bits per heavy atom. The number of hydrogen-bond acceptors (Lipinski definition) is 4. The van der Waals surface area contributed by atoms with E-state index in [0.29, 0.717) is 12.6 Å². The summed E-state index contributed by atoms with van der Waals surface area (Å²) in [6, 6.07) is 0.337. The van der Waals surface area contributed by atoms with Crippen LogP contribution in [-0.2, 0) is 9.53 Å². The second-order valence-electron chi connectivity index (χ2n) is 4.89. The van der Waals surface area contributed by atoms with E-state index in [1.807, 2.05) is 0 Å². The van der Waals surface area contributed by atoms with Gasteiger partial charge in [0.15, 0.2) is 0 Å². The van der Waals surface area contributed by atoms with Crippen LogP contribution in [-0.4, -0.2) is 65.3 Å². The molecule has 2 rings (SSSR count). The van der Waals surface area contributed by atoms with Gasteiger partial charge in [-0.1, -0.05) is 13.3 Å². The van der Waals surface area contributed by atoms with Gasteiger partial charge in [0.25, 0.3) is 0 Å². The highest BCUT2D eigenvalue weighted by Crippen LogP contribution is 2.20. The molecular formula is C12H20N2O4. The van der Waals surface area contributed by atoms with Gasteiger partial charge in [0.05, 0.1) is 6.54 Å². The molecule has 1 unspecified atom stereocenters. The first-order valence-electron chi connectivity index (χ1n) is 6.54. The maximum absolute atomic E-state index is 11.6. The lowest BCUT2D eigenvalue weighted by atomic mass is 10.0. The fourth-order valence-electron chi connectivity index (χ4n) is 2.72. The molecule has 2 aliphatic heterocycles. The van der Waals surface area contributed by atoms with Crippen LogP contribution in [0.15, 0.2) is 0 Å².